The highest BCUT2D eigenvalue weighted by molar-refractivity contribution is 5.53. The molecule has 118 valence electrons. The Hall–Kier alpha value is -3.10. The van der Waals surface area contributed by atoms with E-state index in [4.69, 9.17) is 4.52 Å². The maximum Gasteiger partial charge on any atom is 0.390 e. The van der Waals surface area contributed by atoms with Crippen LogP contribution in [0.4, 0.5) is 10.2 Å². The van der Waals surface area contributed by atoms with E-state index in [1.165, 1.54) is 22.9 Å². The van der Waals surface area contributed by atoms with Crippen molar-refractivity contribution in [3.05, 3.63) is 57.8 Å². The molecule has 0 radical (unpaired) electrons. The van der Waals surface area contributed by atoms with E-state index in [1.807, 2.05) is 0 Å². The van der Waals surface area contributed by atoms with E-state index < -0.39 is 11.0 Å². The molecule has 2 heterocycles. The van der Waals surface area contributed by atoms with Gasteiger partial charge in [0.15, 0.2) is 0 Å². The van der Waals surface area contributed by atoms with Crippen molar-refractivity contribution in [2.24, 2.45) is 0 Å². The first-order valence-corrected chi connectivity index (χ1v) is 6.76. The average Bonchev–Trinajstić information content (AvgIpc) is 3.14. The molecule has 3 aromatic rings. The van der Waals surface area contributed by atoms with E-state index in [9.17, 15) is 14.5 Å². The molecule has 0 fully saturated rings. The van der Waals surface area contributed by atoms with Crippen molar-refractivity contribution in [2.45, 2.75) is 19.9 Å². The van der Waals surface area contributed by atoms with E-state index >= 15 is 0 Å². The van der Waals surface area contributed by atoms with Crippen LogP contribution < -0.4 is 0 Å². The molecule has 2 aromatic heterocycles. The van der Waals surface area contributed by atoms with Crippen molar-refractivity contribution in [2.75, 3.05) is 0 Å². The van der Waals surface area contributed by atoms with Crippen molar-refractivity contribution in [3.8, 4) is 11.4 Å². The highest BCUT2D eigenvalue weighted by atomic mass is 19.1. The highest BCUT2D eigenvalue weighted by Gasteiger charge is 2.25. The number of nitrogens with zero attached hydrogens (tertiary/aromatic N) is 5. The molecule has 0 aliphatic heterocycles. The molecule has 0 aliphatic rings. The van der Waals surface area contributed by atoms with Gasteiger partial charge in [-0.1, -0.05) is 5.16 Å². The lowest BCUT2D eigenvalue weighted by atomic mass is 10.2. The first kappa shape index (κ1) is 14.8. The summed E-state index contributed by atoms with van der Waals surface area (Å²) in [6.07, 6.45) is 0. The molecule has 1 aromatic carbocycles. The maximum absolute atomic E-state index is 12.9. The third-order valence-electron chi connectivity index (χ3n) is 3.37. The van der Waals surface area contributed by atoms with Gasteiger partial charge in [0.2, 0.25) is 5.82 Å². The normalized spacial score (nSPS) is 12.3. The Morgan fingerprint density at radius 1 is 1.35 bits per heavy atom. The van der Waals surface area contributed by atoms with Crippen LogP contribution >= 0.6 is 0 Å². The second-order valence-electron chi connectivity index (χ2n) is 4.98. The van der Waals surface area contributed by atoms with Gasteiger partial charge in [-0.05, 0) is 43.0 Å². The molecule has 0 spiro atoms. The first-order chi connectivity index (χ1) is 11.0. The highest BCUT2D eigenvalue weighted by Crippen LogP contribution is 2.23. The van der Waals surface area contributed by atoms with Crippen molar-refractivity contribution >= 4 is 5.82 Å². The molecule has 0 saturated carbocycles. The maximum atomic E-state index is 12.9. The number of hydrogen-bond donors (Lipinski definition) is 0. The standard InChI is InChI=1S/C14H12FN5O3/c1-8-7-12(20(21)22)17-19(8)9(2)14-16-13(18-23-14)10-3-5-11(15)6-4-10/h3-7,9H,1-2H3. The van der Waals surface area contributed by atoms with Crippen LogP contribution in [0.25, 0.3) is 11.4 Å². The fraction of sp³-hybridized carbons (Fsp3) is 0.214. The minimum atomic E-state index is -0.562. The zero-order valence-electron chi connectivity index (χ0n) is 12.3. The minimum absolute atomic E-state index is 0.243. The summed E-state index contributed by atoms with van der Waals surface area (Å²) in [5, 5.41) is 18.6. The smallest absolute Gasteiger partial charge is 0.358 e. The molecule has 0 bridgehead atoms. The number of aryl methyl sites for hydroxylation is 1. The summed E-state index contributed by atoms with van der Waals surface area (Å²) in [6.45, 7) is 3.44. The van der Waals surface area contributed by atoms with E-state index in [2.05, 4.69) is 15.2 Å². The summed E-state index contributed by atoms with van der Waals surface area (Å²) in [7, 11) is 0. The van der Waals surface area contributed by atoms with Crippen molar-refractivity contribution in [1.82, 2.24) is 19.9 Å². The van der Waals surface area contributed by atoms with E-state index in [0.717, 1.165) is 0 Å². The number of aromatic nitrogens is 4. The zero-order valence-corrected chi connectivity index (χ0v) is 12.3. The second kappa shape index (κ2) is 5.59. The number of hydrogen-bond acceptors (Lipinski definition) is 6. The van der Waals surface area contributed by atoms with Crippen molar-refractivity contribution in [1.29, 1.82) is 0 Å². The SMILES string of the molecule is Cc1cc([N+](=O)[O-])nn1C(C)c1nc(-c2ccc(F)cc2)no1. The van der Waals surface area contributed by atoms with E-state index in [-0.39, 0.29) is 17.5 Å². The fourth-order valence-corrected chi connectivity index (χ4v) is 2.18. The number of rotatable bonds is 4. The summed E-state index contributed by atoms with van der Waals surface area (Å²) in [6, 6.07) is 6.58. The van der Waals surface area contributed by atoms with Gasteiger partial charge in [-0.25, -0.2) is 4.39 Å². The Balaban J connectivity index is 1.90. The molecule has 0 aliphatic carbocycles. The summed E-state index contributed by atoms with van der Waals surface area (Å²) in [4.78, 5) is 14.5. The quantitative estimate of drug-likeness (QED) is 0.542. The van der Waals surface area contributed by atoms with Crippen LogP contribution in [0.15, 0.2) is 34.9 Å². The zero-order chi connectivity index (χ0) is 16.6. The largest absolute Gasteiger partial charge is 0.390 e. The lowest BCUT2D eigenvalue weighted by Crippen LogP contribution is -2.10. The summed E-state index contributed by atoms with van der Waals surface area (Å²) in [5.41, 5.74) is 1.21. The van der Waals surface area contributed by atoms with Gasteiger partial charge >= 0.3 is 5.82 Å². The van der Waals surface area contributed by atoms with Crippen LogP contribution in [0.5, 0.6) is 0 Å². The molecule has 0 amide bonds. The molecular weight excluding hydrogens is 305 g/mol. The Morgan fingerprint density at radius 2 is 2.04 bits per heavy atom. The molecule has 0 saturated heterocycles. The van der Waals surface area contributed by atoms with Gasteiger partial charge in [-0.3, -0.25) is 0 Å². The molecule has 3 rings (SSSR count). The molecule has 9 heteroatoms. The van der Waals surface area contributed by atoms with Gasteiger partial charge in [0, 0.05) is 5.56 Å². The Labute approximate surface area is 129 Å². The van der Waals surface area contributed by atoms with Crippen LogP contribution in [-0.4, -0.2) is 24.8 Å². The Morgan fingerprint density at radius 3 is 2.65 bits per heavy atom. The molecule has 0 N–H and O–H groups in total. The third-order valence-corrected chi connectivity index (χ3v) is 3.37. The summed E-state index contributed by atoms with van der Waals surface area (Å²) in [5.74, 6) is -0.0329. The number of benzene rings is 1. The topological polar surface area (TPSA) is 99.9 Å². The predicted octanol–water partition coefficient (Wildman–Crippen LogP) is 2.90. The molecule has 1 unspecified atom stereocenters. The predicted molar refractivity (Wildman–Crippen MR) is 77.1 cm³/mol. The number of nitro groups is 1. The monoisotopic (exact) mass is 317 g/mol. The van der Waals surface area contributed by atoms with Crippen LogP contribution in [0.2, 0.25) is 0 Å². The molecule has 8 nitrogen and oxygen atoms in total. The second-order valence-corrected chi connectivity index (χ2v) is 4.98. The van der Waals surface area contributed by atoms with Crippen molar-refractivity contribution in [3.63, 3.8) is 0 Å². The minimum Gasteiger partial charge on any atom is -0.358 e. The Kier molecular flexibility index (Phi) is 3.61. The van der Waals surface area contributed by atoms with Gasteiger partial charge in [0.25, 0.3) is 5.89 Å². The lowest BCUT2D eigenvalue weighted by molar-refractivity contribution is -0.389. The molecule has 23 heavy (non-hydrogen) atoms. The first-order valence-electron chi connectivity index (χ1n) is 6.76. The van der Waals surface area contributed by atoms with E-state index in [0.29, 0.717) is 17.1 Å². The van der Waals surface area contributed by atoms with Gasteiger partial charge in [-0.2, -0.15) is 9.67 Å². The average molecular weight is 317 g/mol. The number of halogens is 1. The van der Waals surface area contributed by atoms with Gasteiger partial charge in [0.1, 0.15) is 11.9 Å². The Bertz CT molecular complexity index is 856. The van der Waals surface area contributed by atoms with Gasteiger partial charge in [0.05, 0.1) is 16.9 Å². The molecular formula is C14H12FN5O3. The third kappa shape index (κ3) is 2.80. The van der Waals surface area contributed by atoms with Gasteiger partial charge in [-0.15, -0.1) is 0 Å². The summed E-state index contributed by atoms with van der Waals surface area (Å²) >= 11 is 0. The van der Waals surface area contributed by atoms with Gasteiger partial charge < -0.3 is 14.6 Å². The fourth-order valence-electron chi connectivity index (χ4n) is 2.18. The van der Waals surface area contributed by atoms with Crippen LogP contribution in [0.3, 0.4) is 0 Å². The van der Waals surface area contributed by atoms with Crippen LogP contribution in [0, 0.1) is 22.9 Å². The molecule has 1 atom stereocenters. The van der Waals surface area contributed by atoms with Crippen LogP contribution in [0.1, 0.15) is 24.6 Å². The summed E-state index contributed by atoms with van der Waals surface area (Å²) < 4.78 is 19.6. The van der Waals surface area contributed by atoms with E-state index in [1.54, 1.807) is 26.0 Å². The van der Waals surface area contributed by atoms with Crippen molar-refractivity contribution < 1.29 is 13.8 Å². The van der Waals surface area contributed by atoms with Crippen LogP contribution in [-0.2, 0) is 0 Å². The lowest BCUT2D eigenvalue weighted by Gasteiger charge is -2.04.